The maximum atomic E-state index is 12.7. The summed E-state index contributed by atoms with van der Waals surface area (Å²) in [6.07, 6.45) is 1.64. The Morgan fingerprint density at radius 3 is 2.26 bits per heavy atom. The summed E-state index contributed by atoms with van der Waals surface area (Å²) in [6.45, 7) is 3.08. The van der Waals surface area contributed by atoms with E-state index >= 15 is 0 Å². The van der Waals surface area contributed by atoms with Gasteiger partial charge in [0.1, 0.15) is 5.02 Å². The van der Waals surface area contributed by atoms with Gasteiger partial charge in [0, 0.05) is 38.9 Å². The number of nitrogens with zero attached hydrogens (tertiary/aromatic N) is 5. The molecule has 2 aromatic carbocycles. The van der Waals surface area contributed by atoms with Gasteiger partial charge in [0.2, 0.25) is 5.91 Å². The zero-order chi connectivity index (χ0) is 21.8. The predicted molar refractivity (Wildman–Crippen MR) is 123 cm³/mol. The lowest BCUT2D eigenvalue weighted by molar-refractivity contribution is -0.119. The van der Waals surface area contributed by atoms with E-state index in [0.717, 1.165) is 5.69 Å². The molecule has 0 aliphatic carbocycles. The number of carbonyl (C=O) groups is 1. The minimum atomic E-state index is -0.340. The number of hydrogen-bond donors (Lipinski definition) is 0. The van der Waals surface area contributed by atoms with Gasteiger partial charge in [-0.1, -0.05) is 48.0 Å². The lowest BCUT2D eigenvalue weighted by atomic mass is 10.2. The van der Waals surface area contributed by atoms with Crippen LogP contribution in [-0.4, -0.2) is 60.4 Å². The lowest BCUT2D eigenvalue weighted by Crippen LogP contribution is -2.50. The molecule has 0 bridgehead atoms. The van der Waals surface area contributed by atoms with Gasteiger partial charge in [0.05, 0.1) is 24.1 Å². The summed E-state index contributed by atoms with van der Waals surface area (Å²) in [5.74, 6) is 0.0461. The Hall–Kier alpha value is -3.16. The number of hydrogen-bond acceptors (Lipinski definition) is 5. The first-order chi connectivity index (χ1) is 15.0. The van der Waals surface area contributed by atoms with E-state index in [1.165, 1.54) is 4.68 Å². The first-order valence-electron chi connectivity index (χ1n) is 10.2. The summed E-state index contributed by atoms with van der Waals surface area (Å²) < 4.78 is 1.31. The Kier molecular flexibility index (Phi) is 6.34. The fourth-order valence-corrected chi connectivity index (χ4v) is 3.89. The molecule has 2 heterocycles. The van der Waals surface area contributed by atoms with E-state index in [4.69, 9.17) is 11.6 Å². The minimum absolute atomic E-state index is 0.0461. The molecule has 160 valence electrons. The summed E-state index contributed by atoms with van der Waals surface area (Å²) in [5, 5.41) is 4.47. The predicted octanol–water partition coefficient (Wildman–Crippen LogP) is 2.67. The molecule has 1 aromatic heterocycles. The van der Waals surface area contributed by atoms with Crippen LogP contribution in [0.15, 0.2) is 71.7 Å². The van der Waals surface area contributed by atoms with E-state index in [1.807, 2.05) is 65.6 Å². The third kappa shape index (κ3) is 4.62. The van der Waals surface area contributed by atoms with E-state index in [2.05, 4.69) is 10.00 Å². The van der Waals surface area contributed by atoms with Crippen LogP contribution in [0.1, 0.15) is 0 Å². The fourth-order valence-electron chi connectivity index (χ4n) is 3.64. The number of rotatable bonds is 5. The normalized spacial score (nSPS) is 14.5. The molecule has 8 heteroatoms. The van der Waals surface area contributed by atoms with Crippen LogP contribution in [-0.2, 0) is 4.79 Å². The van der Waals surface area contributed by atoms with Gasteiger partial charge in [0.25, 0.3) is 5.56 Å². The molecule has 7 nitrogen and oxygen atoms in total. The van der Waals surface area contributed by atoms with Crippen LogP contribution in [0.2, 0.25) is 5.02 Å². The molecule has 0 atom stereocenters. The number of halogens is 1. The van der Waals surface area contributed by atoms with Crippen LogP contribution in [0.3, 0.4) is 0 Å². The van der Waals surface area contributed by atoms with Gasteiger partial charge in [-0.2, -0.15) is 9.78 Å². The third-order valence-electron chi connectivity index (χ3n) is 5.49. The number of carbonyl (C=O) groups excluding carboxylic acids is 1. The first-order valence-corrected chi connectivity index (χ1v) is 10.5. The average molecular weight is 438 g/mol. The maximum Gasteiger partial charge on any atom is 0.292 e. The van der Waals surface area contributed by atoms with Crippen molar-refractivity contribution >= 4 is 28.9 Å². The van der Waals surface area contributed by atoms with Crippen LogP contribution in [0.25, 0.3) is 5.69 Å². The van der Waals surface area contributed by atoms with Crippen LogP contribution >= 0.6 is 11.6 Å². The van der Waals surface area contributed by atoms with Crippen molar-refractivity contribution in [2.75, 3.05) is 49.6 Å². The molecule has 0 spiro atoms. The van der Waals surface area contributed by atoms with Crippen molar-refractivity contribution < 1.29 is 4.79 Å². The number of anilines is 2. The molecular weight excluding hydrogens is 414 g/mol. The van der Waals surface area contributed by atoms with Gasteiger partial charge in [0.15, 0.2) is 0 Å². The Balaban J connectivity index is 1.39. The highest BCUT2D eigenvalue weighted by molar-refractivity contribution is 6.33. The molecule has 1 amide bonds. The smallest absolute Gasteiger partial charge is 0.292 e. The topological polar surface area (TPSA) is 61.7 Å². The molecule has 1 saturated heterocycles. The second-order valence-corrected chi connectivity index (χ2v) is 7.83. The molecule has 0 radical (unpaired) electrons. The van der Waals surface area contributed by atoms with Crippen molar-refractivity contribution in [3.63, 3.8) is 0 Å². The van der Waals surface area contributed by atoms with E-state index in [9.17, 15) is 9.59 Å². The van der Waals surface area contributed by atoms with E-state index in [0.29, 0.717) is 44.1 Å². The quantitative estimate of drug-likeness (QED) is 0.614. The highest BCUT2D eigenvalue weighted by Crippen LogP contribution is 2.23. The first kappa shape index (κ1) is 21.1. The van der Waals surface area contributed by atoms with Crippen molar-refractivity contribution in [2.45, 2.75) is 0 Å². The number of benzene rings is 2. The zero-order valence-corrected chi connectivity index (χ0v) is 18.1. The van der Waals surface area contributed by atoms with Crippen molar-refractivity contribution in [2.24, 2.45) is 0 Å². The molecule has 4 rings (SSSR count). The molecule has 0 unspecified atom stereocenters. The van der Waals surface area contributed by atoms with Crippen LogP contribution in [0.5, 0.6) is 0 Å². The van der Waals surface area contributed by atoms with Crippen LogP contribution in [0.4, 0.5) is 11.4 Å². The van der Waals surface area contributed by atoms with Crippen molar-refractivity contribution in [3.8, 4) is 5.69 Å². The Morgan fingerprint density at radius 2 is 1.61 bits per heavy atom. The van der Waals surface area contributed by atoms with Gasteiger partial charge >= 0.3 is 0 Å². The minimum Gasteiger partial charge on any atom is -0.366 e. The number of amides is 1. The van der Waals surface area contributed by atoms with Crippen LogP contribution in [0, 0.1) is 0 Å². The highest BCUT2D eigenvalue weighted by Gasteiger charge is 2.24. The van der Waals surface area contributed by atoms with Gasteiger partial charge in [-0.05, 0) is 24.3 Å². The summed E-state index contributed by atoms with van der Waals surface area (Å²) in [7, 11) is 1.79. The number of likely N-dealkylation sites (N-methyl/N-ethyl adjacent to an activating group) is 1. The lowest BCUT2D eigenvalue weighted by Gasteiger charge is -2.36. The standard InChI is InChI=1S/C23H24ClN5O2/c1-26(18-8-4-2-5-9-18)21(30)17-27-12-14-28(15-13-27)20-16-25-29(23(31)22(20)24)19-10-6-3-7-11-19/h2-11,16H,12-15,17H2,1H3. The summed E-state index contributed by atoms with van der Waals surface area (Å²) in [6, 6.07) is 18.8. The largest absolute Gasteiger partial charge is 0.366 e. The third-order valence-corrected chi connectivity index (χ3v) is 5.85. The Labute approximate surface area is 186 Å². The molecule has 3 aromatic rings. The van der Waals surface area contributed by atoms with Crippen molar-refractivity contribution in [3.05, 3.63) is 82.2 Å². The molecular formula is C23H24ClN5O2. The SMILES string of the molecule is CN(C(=O)CN1CCN(c2cnn(-c3ccccc3)c(=O)c2Cl)CC1)c1ccccc1. The number of piperazine rings is 1. The molecule has 31 heavy (non-hydrogen) atoms. The summed E-state index contributed by atoms with van der Waals surface area (Å²) in [4.78, 5) is 31.2. The molecule has 1 aliphatic rings. The highest BCUT2D eigenvalue weighted by atomic mass is 35.5. The van der Waals surface area contributed by atoms with E-state index in [1.54, 1.807) is 18.1 Å². The van der Waals surface area contributed by atoms with E-state index in [-0.39, 0.29) is 16.5 Å². The number of aromatic nitrogens is 2. The maximum absolute atomic E-state index is 12.7. The molecule has 1 aliphatic heterocycles. The van der Waals surface area contributed by atoms with Gasteiger partial charge in [-0.15, -0.1) is 0 Å². The average Bonchev–Trinajstić information content (AvgIpc) is 2.82. The molecule has 0 N–H and O–H groups in total. The second-order valence-electron chi connectivity index (χ2n) is 7.45. The second kappa shape index (κ2) is 9.32. The monoisotopic (exact) mass is 437 g/mol. The van der Waals surface area contributed by atoms with Crippen LogP contribution < -0.4 is 15.4 Å². The van der Waals surface area contributed by atoms with Gasteiger partial charge < -0.3 is 9.80 Å². The number of para-hydroxylation sites is 2. The molecule has 1 fully saturated rings. The van der Waals surface area contributed by atoms with Gasteiger partial charge in [-0.3, -0.25) is 14.5 Å². The summed E-state index contributed by atoms with van der Waals surface area (Å²) in [5.41, 5.74) is 1.84. The molecule has 0 saturated carbocycles. The van der Waals surface area contributed by atoms with Crippen molar-refractivity contribution in [1.82, 2.24) is 14.7 Å². The Morgan fingerprint density at radius 1 is 1.00 bits per heavy atom. The van der Waals surface area contributed by atoms with E-state index < -0.39 is 0 Å². The Bertz CT molecular complexity index is 1100. The zero-order valence-electron chi connectivity index (χ0n) is 17.3. The van der Waals surface area contributed by atoms with Crippen molar-refractivity contribution in [1.29, 1.82) is 0 Å². The van der Waals surface area contributed by atoms with Gasteiger partial charge in [-0.25, -0.2) is 0 Å². The fraction of sp³-hybridized carbons (Fsp3) is 0.261. The summed E-state index contributed by atoms with van der Waals surface area (Å²) >= 11 is 6.42.